The van der Waals surface area contributed by atoms with Crippen molar-refractivity contribution >= 4 is 39.0 Å². The van der Waals surface area contributed by atoms with Gasteiger partial charge in [-0.25, -0.2) is 4.98 Å². The lowest BCUT2D eigenvalue weighted by molar-refractivity contribution is 0.127. The van der Waals surface area contributed by atoms with E-state index in [0.717, 1.165) is 22.0 Å². The number of nitrogens with zero attached hydrogens (tertiary/aromatic N) is 1. The minimum atomic E-state index is 0.368. The second kappa shape index (κ2) is 4.29. The Kier molecular flexibility index (Phi) is 3.29. The van der Waals surface area contributed by atoms with E-state index in [1.807, 2.05) is 17.1 Å². The second-order valence-corrected chi connectivity index (χ2v) is 6.11. The van der Waals surface area contributed by atoms with Crippen LogP contribution in [0.25, 0.3) is 0 Å². The molecule has 2 atom stereocenters. The van der Waals surface area contributed by atoms with Gasteiger partial charge in [-0.15, -0.1) is 11.3 Å². The normalized spacial score (nSPS) is 28.2. The Hall–Kier alpha value is 0.420. The van der Waals surface area contributed by atoms with Crippen molar-refractivity contribution in [3.63, 3.8) is 0 Å². The van der Waals surface area contributed by atoms with E-state index in [1.54, 1.807) is 11.3 Å². The van der Waals surface area contributed by atoms with Crippen LogP contribution >= 0.6 is 39.0 Å². The third-order valence-electron chi connectivity index (χ3n) is 2.01. The molecule has 1 aliphatic heterocycles. The van der Waals surface area contributed by atoms with Crippen LogP contribution in [0.15, 0.2) is 14.3 Å². The Morgan fingerprint density at radius 3 is 3.15 bits per heavy atom. The Bertz CT molecular complexity index is 291. The molecular formula is C8H10BrNOS2. The highest BCUT2D eigenvalue weighted by Crippen LogP contribution is 2.34. The van der Waals surface area contributed by atoms with Crippen molar-refractivity contribution in [2.75, 3.05) is 6.61 Å². The predicted octanol–water partition coefficient (Wildman–Crippen LogP) is 3.18. The first-order chi connectivity index (χ1) is 6.25. The van der Waals surface area contributed by atoms with Gasteiger partial charge in [0, 0.05) is 17.2 Å². The van der Waals surface area contributed by atoms with Crippen LogP contribution in [-0.4, -0.2) is 22.9 Å². The number of thiazole rings is 1. The summed E-state index contributed by atoms with van der Waals surface area (Å²) in [4.78, 5) is 4.35. The molecule has 0 radical (unpaired) electrons. The summed E-state index contributed by atoms with van der Waals surface area (Å²) in [6.45, 7) is 3.03. The molecule has 1 fully saturated rings. The zero-order valence-electron chi connectivity index (χ0n) is 7.20. The number of thioether (sulfide) groups is 1. The molecule has 13 heavy (non-hydrogen) atoms. The number of hydrogen-bond acceptors (Lipinski definition) is 4. The summed E-state index contributed by atoms with van der Waals surface area (Å²) in [6, 6.07) is 0. The molecule has 1 aliphatic rings. The van der Waals surface area contributed by atoms with E-state index in [4.69, 9.17) is 4.74 Å². The van der Waals surface area contributed by atoms with Crippen LogP contribution in [0.1, 0.15) is 13.3 Å². The van der Waals surface area contributed by atoms with Gasteiger partial charge < -0.3 is 4.74 Å². The van der Waals surface area contributed by atoms with Crippen LogP contribution in [0.2, 0.25) is 0 Å². The van der Waals surface area contributed by atoms with Crippen molar-refractivity contribution in [3.05, 3.63) is 9.98 Å². The van der Waals surface area contributed by atoms with Crippen molar-refractivity contribution in [2.45, 2.75) is 29.0 Å². The molecule has 1 aromatic rings. The van der Waals surface area contributed by atoms with Crippen molar-refractivity contribution in [2.24, 2.45) is 0 Å². The van der Waals surface area contributed by atoms with Gasteiger partial charge >= 0.3 is 0 Å². The maximum absolute atomic E-state index is 5.49. The third kappa shape index (κ3) is 2.46. The van der Waals surface area contributed by atoms with E-state index in [-0.39, 0.29) is 0 Å². The highest BCUT2D eigenvalue weighted by molar-refractivity contribution is 9.10. The molecule has 2 nitrogen and oxygen atoms in total. The number of halogens is 1. The summed E-state index contributed by atoms with van der Waals surface area (Å²) >= 11 is 6.87. The first kappa shape index (κ1) is 9.96. The Morgan fingerprint density at radius 2 is 2.62 bits per heavy atom. The van der Waals surface area contributed by atoms with Crippen LogP contribution < -0.4 is 0 Å². The minimum Gasteiger partial charge on any atom is -0.377 e. The maximum Gasteiger partial charge on any atom is 0.151 e. The molecule has 0 saturated carbocycles. The van der Waals surface area contributed by atoms with E-state index >= 15 is 0 Å². The SMILES string of the molecule is CC1OCCC1Sc1nc(Br)cs1. The fraction of sp³-hybridized carbons (Fsp3) is 0.625. The fourth-order valence-corrected chi connectivity index (χ4v) is 4.02. The van der Waals surface area contributed by atoms with E-state index in [0.29, 0.717) is 11.4 Å². The van der Waals surface area contributed by atoms with Gasteiger partial charge in [0.1, 0.15) is 4.60 Å². The predicted molar refractivity (Wildman–Crippen MR) is 59.5 cm³/mol. The molecule has 2 heterocycles. The van der Waals surface area contributed by atoms with Crippen LogP contribution in [-0.2, 0) is 4.74 Å². The summed E-state index contributed by atoms with van der Waals surface area (Å²) in [6.07, 6.45) is 1.51. The number of ether oxygens (including phenoxy) is 1. The van der Waals surface area contributed by atoms with Gasteiger partial charge in [0.25, 0.3) is 0 Å². The van der Waals surface area contributed by atoms with Gasteiger partial charge in [-0.3, -0.25) is 0 Å². The van der Waals surface area contributed by atoms with Crippen LogP contribution in [0, 0.1) is 0 Å². The molecule has 0 aromatic carbocycles. The molecule has 0 bridgehead atoms. The average Bonchev–Trinajstić information content (AvgIpc) is 2.64. The van der Waals surface area contributed by atoms with Crippen LogP contribution in [0.4, 0.5) is 0 Å². The van der Waals surface area contributed by atoms with Crippen molar-refractivity contribution < 1.29 is 4.74 Å². The smallest absolute Gasteiger partial charge is 0.151 e. The van der Waals surface area contributed by atoms with Gasteiger partial charge in [-0.1, -0.05) is 11.8 Å². The van der Waals surface area contributed by atoms with Crippen molar-refractivity contribution in [1.82, 2.24) is 4.98 Å². The lowest BCUT2D eigenvalue weighted by Crippen LogP contribution is -2.12. The van der Waals surface area contributed by atoms with E-state index in [1.165, 1.54) is 0 Å². The summed E-state index contributed by atoms with van der Waals surface area (Å²) in [7, 11) is 0. The van der Waals surface area contributed by atoms with Gasteiger partial charge in [-0.05, 0) is 29.3 Å². The minimum absolute atomic E-state index is 0.368. The highest BCUT2D eigenvalue weighted by Gasteiger charge is 2.25. The summed E-state index contributed by atoms with van der Waals surface area (Å²) < 4.78 is 7.56. The van der Waals surface area contributed by atoms with Crippen LogP contribution in [0.3, 0.4) is 0 Å². The molecular weight excluding hydrogens is 270 g/mol. The quantitative estimate of drug-likeness (QED) is 0.830. The Balaban J connectivity index is 1.97. The monoisotopic (exact) mass is 279 g/mol. The lowest BCUT2D eigenvalue weighted by atomic mass is 10.3. The molecule has 1 saturated heterocycles. The summed E-state index contributed by atoms with van der Waals surface area (Å²) in [5.41, 5.74) is 0. The van der Waals surface area contributed by atoms with E-state index in [2.05, 4.69) is 27.8 Å². The summed E-state index contributed by atoms with van der Waals surface area (Å²) in [5.74, 6) is 0. The standard InChI is InChI=1S/C8H10BrNOS2/c1-5-6(2-3-11-5)13-8-10-7(9)4-12-8/h4-6H,2-3H2,1H3. The fourth-order valence-electron chi connectivity index (χ4n) is 1.29. The second-order valence-electron chi connectivity index (χ2n) is 2.96. The van der Waals surface area contributed by atoms with Gasteiger partial charge in [0.15, 0.2) is 4.34 Å². The van der Waals surface area contributed by atoms with Gasteiger partial charge in [-0.2, -0.15) is 0 Å². The Morgan fingerprint density at radius 1 is 1.77 bits per heavy atom. The first-order valence-corrected chi connectivity index (χ1v) is 6.70. The number of rotatable bonds is 2. The van der Waals surface area contributed by atoms with Gasteiger partial charge in [0.2, 0.25) is 0 Å². The zero-order valence-corrected chi connectivity index (χ0v) is 10.4. The van der Waals surface area contributed by atoms with E-state index < -0.39 is 0 Å². The average molecular weight is 280 g/mol. The first-order valence-electron chi connectivity index (χ1n) is 4.15. The molecule has 0 spiro atoms. The van der Waals surface area contributed by atoms with E-state index in [9.17, 15) is 0 Å². The Labute approximate surface area is 94.2 Å². The molecule has 0 N–H and O–H groups in total. The van der Waals surface area contributed by atoms with Crippen molar-refractivity contribution in [1.29, 1.82) is 0 Å². The molecule has 0 aliphatic carbocycles. The molecule has 2 rings (SSSR count). The molecule has 5 heteroatoms. The summed E-state index contributed by atoms with van der Waals surface area (Å²) in [5, 5.41) is 2.60. The van der Waals surface area contributed by atoms with Crippen LogP contribution in [0.5, 0.6) is 0 Å². The molecule has 72 valence electrons. The topological polar surface area (TPSA) is 22.1 Å². The van der Waals surface area contributed by atoms with Crippen molar-refractivity contribution in [3.8, 4) is 0 Å². The molecule has 2 unspecified atom stereocenters. The molecule has 1 aromatic heterocycles. The maximum atomic E-state index is 5.49. The molecule has 0 amide bonds. The largest absolute Gasteiger partial charge is 0.377 e. The van der Waals surface area contributed by atoms with Gasteiger partial charge in [0.05, 0.1) is 6.10 Å². The third-order valence-corrected chi connectivity index (χ3v) is 5.15. The number of hydrogen-bond donors (Lipinski definition) is 0. The highest BCUT2D eigenvalue weighted by atomic mass is 79.9. The zero-order chi connectivity index (χ0) is 9.26. The number of aromatic nitrogens is 1. The lowest BCUT2D eigenvalue weighted by Gasteiger charge is -2.10.